The van der Waals surface area contributed by atoms with Gasteiger partial charge in [-0.05, 0) is 102 Å². The molecule has 50 heavy (non-hydrogen) atoms. The summed E-state index contributed by atoms with van der Waals surface area (Å²) in [6.07, 6.45) is 0. The molecule has 0 saturated heterocycles. The highest BCUT2D eigenvalue weighted by atomic mass is 32.1. The van der Waals surface area contributed by atoms with E-state index in [0.717, 1.165) is 0 Å². The first kappa shape index (κ1) is 28.1. The van der Waals surface area contributed by atoms with E-state index in [4.69, 9.17) is 0 Å². The molecule has 0 aliphatic carbocycles. The zero-order valence-corrected chi connectivity index (χ0v) is 28.6. The first-order chi connectivity index (χ1) is 24.8. The molecule has 0 bridgehead atoms. The molecular weight excluding hydrogens is 641 g/mol. The second-order valence-electron chi connectivity index (χ2n) is 13.2. The number of hydrogen-bond donors (Lipinski definition) is 0. The molecular formula is C48H28S2. The summed E-state index contributed by atoms with van der Waals surface area (Å²) in [6, 6.07) is 63.2. The van der Waals surface area contributed by atoms with Crippen LogP contribution in [0.25, 0.3) is 106 Å². The van der Waals surface area contributed by atoms with E-state index in [-0.39, 0.29) is 0 Å². The van der Waals surface area contributed by atoms with Crippen LogP contribution in [0.3, 0.4) is 0 Å². The second-order valence-corrected chi connectivity index (χ2v) is 15.4. The fourth-order valence-electron chi connectivity index (χ4n) is 8.12. The predicted molar refractivity (Wildman–Crippen MR) is 221 cm³/mol. The van der Waals surface area contributed by atoms with E-state index in [1.807, 2.05) is 22.7 Å². The maximum Gasteiger partial charge on any atom is 0.0362 e. The van der Waals surface area contributed by atoms with Crippen molar-refractivity contribution < 1.29 is 0 Å². The van der Waals surface area contributed by atoms with Crippen molar-refractivity contribution in [3.8, 4) is 33.4 Å². The van der Waals surface area contributed by atoms with Crippen molar-refractivity contribution in [2.75, 3.05) is 0 Å². The fourth-order valence-corrected chi connectivity index (χ4v) is 10.4. The van der Waals surface area contributed by atoms with Gasteiger partial charge in [0, 0.05) is 40.3 Å². The molecule has 11 aromatic rings. The van der Waals surface area contributed by atoms with Gasteiger partial charge in [0.1, 0.15) is 0 Å². The van der Waals surface area contributed by atoms with E-state index >= 15 is 0 Å². The van der Waals surface area contributed by atoms with Crippen LogP contribution in [-0.2, 0) is 0 Å². The van der Waals surface area contributed by atoms with Gasteiger partial charge in [0.2, 0.25) is 0 Å². The van der Waals surface area contributed by atoms with Crippen molar-refractivity contribution in [3.63, 3.8) is 0 Å². The lowest BCUT2D eigenvalue weighted by molar-refractivity contribution is 1.63. The highest BCUT2D eigenvalue weighted by Crippen LogP contribution is 2.47. The topological polar surface area (TPSA) is 0 Å². The van der Waals surface area contributed by atoms with Crippen molar-refractivity contribution in [2.24, 2.45) is 0 Å². The average Bonchev–Trinajstić information content (AvgIpc) is 3.72. The normalized spacial score (nSPS) is 12.0. The van der Waals surface area contributed by atoms with E-state index in [2.05, 4.69) is 170 Å². The van der Waals surface area contributed by atoms with Crippen molar-refractivity contribution in [2.45, 2.75) is 0 Å². The molecule has 0 radical (unpaired) electrons. The van der Waals surface area contributed by atoms with E-state index < -0.39 is 0 Å². The lowest BCUT2D eigenvalue weighted by Gasteiger charge is -2.18. The Bertz CT molecular complexity index is 3100. The van der Waals surface area contributed by atoms with Crippen LogP contribution >= 0.6 is 22.7 Å². The number of thiophene rings is 2. The van der Waals surface area contributed by atoms with Gasteiger partial charge in [0.25, 0.3) is 0 Å². The molecule has 2 heteroatoms. The third-order valence-corrected chi connectivity index (χ3v) is 12.7. The Morgan fingerprint density at radius 1 is 0.240 bits per heavy atom. The van der Waals surface area contributed by atoms with Crippen molar-refractivity contribution in [3.05, 3.63) is 170 Å². The summed E-state index contributed by atoms with van der Waals surface area (Å²) >= 11 is 3.81. The van der Waals surface area contributed by atoms with E-state index in [1.165, 1.54) is 106 Å². The minimum Gasteiger partial charge on any atom is -0.135 e. The maximum atomic E-state index is 2.43. The summed E-state index contributed by atoms with van der Waals surface area (Å²) in [7, 11) is 0. The standard InChI is InChI=1S/C48H28S2/c1-2-11-30-24-32(21-20-29(30)10-1)31-12-9-13-33(25-31)47-37-15-3-5-17-39(37)48(40-18-6-4-16-38(40)47)34-22-23-36-42-28-45-41(27-46(42)50-44(36)26-34)35-14-7-8-19-43(35)49-45/h1-28H. The van der Waals surface area contributed by atoms with Crippen LogP contribution in [0.15, 0.2) is 170 Å². The van der Waals surface area contributed by atoms with Crippen molar-refractivity contribution >= 4 is 95.3 Å². The summed E-state index contributed by atoms with van der Waals surface area (Å²) in [5, 5.41) is 13.1. The predicted octanol–water partition coefficient (Wildman–Crippen LogP) is 14.9. The van der Waals surface area contributed by atoms with Crippen LogP contribution in [0.4, 0.5) is 0 Å². The second kappa shape index (κ2) is 10.9. The highest BCUT2D eigenvalue weighted by molar-refractivity contribution is 7.27. The van der Waals surface area contributed by atoms with Crippen molar-refractivity contribution in [1.82, 2.24) is 0 Å². The first-order valence-electron chi connectivity index (χ1n) is 17.1. The quantitative estimate of drug-likeness (QED) is 0.164. The van der Waals surface area contributed by atoms with Gasteiger partial charge in [0.05, 0.1) is 0 Å². The minimum absolute atomic E-state index is 1.23. The van der Waals surface area contributed by atoms with Crippen LogP contribution in [0, 0.1) is 0 Å². The molecule has 0 spiro atoms. The zero-order chi connectivity index (χ0) is 32.8. The van der Waals surface area contributed by atoms with Crippen LogP contribution in [-0.4, -0.2) is 0 Å². The van der Waals surface area contributed by atoms with Crippen molar-refractivity contribution in [1.29, 1.82) is 0 Å². The Kier molecular flexibility index (Phi) is 6.09. The van der Waals surface area contributed by atoms with Gasteiger partial charge in [-0.3, -0.25) is 0 Å². The van der Waals surface area contributed by atoms with Crippen LogP contribution < -0.4 is 0 Å². The van der Waals surface area contributed by atoms with E-state index in [9.17, 15) is 0 Å². The van der Waals surface area contributed by atoms with Gasteiger partial charge in [-0.25, -0.2) is 0 Å². The van der Waals surface area contributed by atoms with Gasteiger partial charge in [-0.15, -0.1) is 22.7 Å². The van der Waals surface area contributed by atoms with Gasteiger partial charge in [-0.1, -0.05) is 133 Å². The van der Waals surface area contributed by atoms with E-state index in [0.29, 0.717) is 0 Å². The molecule has 0 nitrogen and oxygen atoms in total. The SMILES string of the molecule is c1cc(-c2ccc3ccccc3c2)cc(-c2c3ccccc3c(-c3ccc4c(c3)sc3cc5c(cc34)sc3ccccc35)c3ccccc23)c1. The Hall–Kier alpha value is -5.80. The molecule has 11 rings (SSSR count). The third kappa shape index (κ3) is 4.23. The average molecular weight is 669 g/mol. The number of hydrogen-bond acceptors (Lipinski definition) is 2. The Morgan fingerprint density at radius 2 is 0.720 bits per heavy atom. The van der Waals surface area contributed by atoms with Gasteiger partial charge >= 0.3 is 0 Å². The first-order valence-corrected chi connectivity index (χ1v) is 18.7. The molecule has 0 fully saturated rings. The lowest BCUT2D eigenvalue weighted by Crippen LogP contribution is -1.91. The Labute approximate surface area is 297 Å². The maximum absolute atomic E-state index is 2.43. The zero-order valence-electron chi connectivity index (χ0n) is 27.0. The molecule has 2 heterocycles. The molecule has 2 aromatic heterocycles. The van der Waals surface area contributed by atoms with Gasteiger partial charge < -0.3 is 0 Å². The molecule has 0 atom stereocenters. The molecule has 0 amide bonds. The Balaban J connectivity index is 1.11. The van der Waals surface area contributed by atoms with Crippen LogP contribution in [0.1, 0.15) is 0 Å². The monoisotopic (exact) mass is 668 g/mol. The molecule has 0 N–H and O–H groups in total. The summed E-state index contributed by atoms with van der Waals surface area (Å²) in [6.45, 7) is 0. The molecule has 0 unspecified atom stereocenters. The number of benzene rings is 9. The van der Waals surface area contributed by atoms with Crippen LogP contribution in [0.5, 0.6) is 0 Å². The molecule has 0 aliphatic heterocycles. The summed E-state index contributed by atoms with van der Waals surface area (Å²) < 4.78 is 5.40. The van der Waals surface area contributed by atoms with E-state index in [1.54, 1.807) is 0 Å². The summed E-state index contributed by atoms with van der Waals surface area (Å²) in [5.41, 5.74) is 7.56. The van der Waals surface area contributed by atoms with Crippen LogP contribution in [0.2, 0.25) is 0 Å². The van der Waals surface area contributed by atoms with Gasteiger partial charge in [0.15, 0.2) is 0 Å². The summed E-state index contributed by atoms with van der Waals surface area (Å²) in [4.78, 5) is 0. The van der Waals surface area contributed by atoms with Gasteiger partial charge in [-0.2, -0.15) is 0 Å². The Morgan fingerprint density at radius 3 is 1.42 bits per heavy atom. The minimum atomic E-state index is 1.23. The molecule has 9 aromatic carbocycles. The molecule has 232 valence electrons. The largest absolute Gasteiger partial charge is 0.135 e. The smallest absolute Gasteiger partial charge is 0.0362 e. The number of rotatable bonds is 3. The molecule has 0 aliphatic rings. The fraction of sp³-hybridized carbons (Fsp3) is 0. The number of fused-ring (bicyclic) bond motifs is 9. The third-order valence-electron chi connectivity index (χ3n) is 10.4. The lowest BCUT2D eigenvalue weighted by atomic mass is 9.85. The molecule has 0 saturated carbocycles. The highest BCUT2D eigenvalue weighted by Gasteiger charge is 2.18. The summed E-state index contributed by atoms with van der Waals surface area (Å²) in [5.74, 6) is 0.